The molecule has 6 nitrogen and oxygen atoms in total. The topological polar surface area (TPSA) is 92.1 Å². The van der Waals surface area contributed by atoms with Crippen molar-refractivity contribution in [2.24, 2.45) is 17.6 Å². The van der Waals surface area contributed by atoms with Crippen molar-refractivity contribution in [1.29, 1.82) is 0 Å². The molecule has 4 rings (SSSR count). The summed E-state index contributed by atoms with van der Waals surface area (Å²) < 4.78 is 0. The van der Waals surface area contributed by atoms with Gasteiger partial charge in [0.05, 0.1) is 0 Å². The fourth-order valence-electron chi connectivity index (χ4n) is 3.34. The number of hydrogen-bond acceptors (Lipinski definition) is 4. The lowest BCUT2D eigenvalue weighted by Gasteiger charge is -2.15. The van der Waals surface area contributed by atoms with E-state index in [9.17, 15) is 9.59 Å². The summed E-state index contributed by atoms with van der Waals surface area (Å²) in [5.41, 5.74) is 5.96. The zero-order valence-electron chi connectivity index (χ0n) is 11.9. The van der Waals surface area contributed by atoms with Crippen molar-refractivity contribution in [3.8, 4) is 0 Å². The average Bonchev–Trinajstić information content (AvgIpc) is 3.36. The molecule has 2 saturated carbocycles. The van der Waals surface area contributed by atoms with Crippen molar-refractivity contribution in [3.05, 3.63) is 27.9 Å². The van der Waals surface area contributed by atoms with E-state index in [0.29, 0.717) is 36.7 Å². The number of carbonyl (C=O) groups excluding carboxylic acids is 1. The summed E-state index contributed by atoms with van der Waals surface area (Å²) in [4.78, 5) is 33.3. The number of amides is 1. The van der Waals surface area contributed by atoms with Crippen molar-refractivity contribution in [1.82, 2.24) is 14.9 Å². The Morgan fingerprint density at radius 1 is 1.29 bits per heavy atom. The molecule has 2 heterocycles. The summed E-state index contributed by atoms with van der Waals surface area (Å²) in [5.74, 6) is 1.93. The molecule has 1 aliphatic heterocycles. The van der Waals surface area contributed by atoms with Gasteiger partial charge >= 0.3 is 0 Å². The third-order valence-electron chi connectivity index (χ3n) is 4.94. The van der Waals surface area contributed by atoms with Crippen molar-refractivity contribution < 1.29 is 4.79 Å². The molecular weight excluding hydrogens is 268 g/mol. The lowest BCUT2D eigenvalue weighted by Crippen LogP contribution is -2.35. The molecule has 2 atom stereocenters. The third kappa shape index (κ3) is 2.37. The fourth-order valence-corrected chi connectivity index (χ4v) is 3.34. The van der Waals surface area contributed by atoms with Crippen LogP contribution in [0.5, 0.6) is 0 Å². The molecule has 0 aromatic carbocycles. The first-order chi connectivity index (χ1) is 10.1. The molecule has 6 heteroatoms. The molecule has 2 aliphatic carbocycles. The standard InChI is InChI=1S/C15H20N4O2/c16-12-7-19(6-11(12)8-1-2-8)15(21)10-5-17-13(9-3-4-9)18-14(10)20/h5,8-9,11-12H,1-4,6-7,16H2,(H,17,18,20). The summed E-state index contributed by atoms with van der Waals surface area (Å²) in [5, 5.41) is 0. The number of rotatable bonds is 3. The van der Waals surface area contributed by atoms with E-state index < -0.39 is 0 Å². The Morgan fingerprint density at radius 3 is 2.67 bits per heavy atom. The maximum atomic E-state index is 12.5. The molecule has 2 unspecified atom stereocenters. The normalized spacial score (nSPS) is 28.9. The highest BCUT2D eigenvalue weighted by Crippen LogP contribution is 2.41. The van der Waals surface area contributed by atoms with E-state index in [1.54, 1.807) is 4.90 Å². The van der Waals surface area contributed by atoms with Gasteiger partial charge in [0, 0.05) is 31.2 Å². The van der Waals surface area contributed by atoms with Crippen LogP contribution in [0.25, 0.3) is 0 Å². The van der Waals surface area contributed by atoms with Gasteiger partial charge in [-0.25, -0.2) is 4.98 Å². The Balaban J connectivity index is 1.53. The Morgan fingerprint density at radius 2 is 2.05 bits per heavy atom. The number of nitrogens with two attached hydrogens (primary N) is 1. The van der Waals surface area contributed by atoms with E-state index in [1.165, 1.54) is 19.0 Å². The third-order valence-corrected chi connectivity index (χ3v) is 4.94. The second-order valence-electron chi connectivity index (χ2n) is 6.66. The maximum absolute atomic E-state index is 12.5. The Hall–Kier alpha value is -1.69. The van der Waals surface area contributed by atoms with Gasteiger partial charge in [-0.05, 0) is 37.5 Å². The Labute approximate surface area is 122 Å². The van der Waals surface area contributed by atoms with Crippen molar-refractivity contribution in [2.45, 2.75) is 37.6 Å². The van der Waals surface area contributed by atoms with Gasteiger partial charge < -0.3 is 15.6 Å². The van der Waals surface area contributed by atoms with Gasteiger partial charge in [0.15, 0.2) is 0 Å². The highest BCUT2D eigenvalue weighted by atomic mass is 16.2. The first kappa shape index (κ1) is 13.0. The van der Waals surface area contributed by atoms with Crippen molar-refractivity contribution >= 4 is 5.91 Å². The van der Waals surface area contributed by atoms with E-state index >= 15 is 0 Å². The Bertz CT molecular complexity index is 633. The predicted molar refractivity (Wildman–Crippen MR) is 76.9 cm³/mol. The number of aromatic nitrogens is 2. The van der Waals surface area contributed by atoms with Gasteiger partial charge in [-0.2, -0.15) is 0 Å². The van der Waals surface area contributed by atoms with Crippen molar-refractivity contribution in [3.63, 3.8) is 0 Å². The highest BCUT2D eigenvalue weighted by molar-refractivity contribution is 5.93. The number of H-pyrrole nitrogens is 1. The van der Waals surface area contributed by atoms with E-state index in [-0.39, 0.29) is 23.1 Å². The number of hydrogen-bond donors (Lipinski definition) is 2. The molecule has 1 aromatic rings. The minimum Gasteiger partial charge on any atom is -0.337 e. The van der Waals surface area contributed by atoms with E-state index in [1.807, 2.05) is 0 Å². The van der Waals surface area contributed by atoms with Crippen LogP contribution < -0.4 is 11.3 Å². The monoisotopic (exact) mass is 288 g/mol. The lowest BCUT2D eigenvalue weighted by atomic mass is 9.99. The molecule has 1 amide bonds. The second-order valence-corrected chi connectivity index (χ2v) is 6.66. The van der Waals surface area contributed by atoms with Gasteiger partial charge in [0.25, 0.3) is 11.5 Å². The van der Waals surface area contributed by atoms with Crippen LogP contribution in [-0.4, -0.2) is 39.9 Å². The van der Waals surface area contributed by atoms with Crippen LogP contribution in [0, 0.1) is 11.8 Å². The molecule has 1 aromatic heterocycles. The predicted octanol–water partition coefficient (Wildman–Crippen LogP) is 0.457. The summed E-state index contributed by atoms with van der Waals surface area (Å²) in [6.45, 7) is 1.22. The molecule has 112 valence electrons. The second kappa shape index (κ2) is 4.66. The average molecular weight is 288 g/mol. The lowest BCUT2D eigenvalue weighted by molar-refractivity contribution is 0.0782. The van der Waals surface area contributed by atoms with Crippen LogP contribution in [0.1, 0.15) is 47.8 Å². The minimum atomic E-state index is -0.319. The molecular formula is C15H20N4O2. The number of aromatic amines is 1. The summed E-state index contributed by atoms with van der Waals surface area (Å²) in [6.07, 6.45) is 6.02. The smallest absolute Gasteiger partial charge is 0.263 e. The quantitative estimate of drug-likeness (QED) is 0.845. The zero-order valence-corrected chi connectivity index (χ0v) is 11.9. The van der Waals surface area contributed by atoms with Gasteiger partial charge in [-0.15, -0.1) is 0 Å². The number of carbonyl (C=O) groups is 1. The van der Waals surface area contributed by atoms with E-state index in [2.05, 4.69) is 9.97 Å². The first-order valence-corrected chi connectivity index (χ1v) is 7.77. The number of nitrogens with one attached hydrogen (secondary N) is 1. The van der Waals surface area contributed by atoms with Crippen LogP contribution in [-0.2, 0) is 0 Å². The fraction of sp³-hybridized carbons (Fsp3) is 0.667. The van der Waals surface area contributed by atoms with Crippen LogP contribution in [0.15, 0.2) is 11.0 Å². The summed E-state index contributed by atoms with van der Waals surface area (Å²) in [6, 6.07) is 0.0410. The summed E-state index contributed by atoms with van der Waals surface area (Å²) >= 11 is 0. The zero-order chi connectivity index (χ0) is 14.6. The maximum Gasteiger partial charge on any atom is 0.263 e. The molecule has 21 heavy (non-hydrogen) atoms. The highest BCUT2D eigenvalue weighted by Gasteiger charge is 2.42. The van der Waals surface area contributed by atoms with E-state index in [4.69, 9.17) is 5.73 Å². The molecule has 1 saturated heterocycles. The molecule has 0 bridgehead atoms. The Kier molecular flexibility index (Phi) is 2.89. The van der Waals surface area contributed by atoms with Crippen LogP contribution in [0.4, 0.5) is 0 Å². The van der Waals surface area contributed by atoms with Gasteiger partial charge in [-0.1, -0.05) is 0 Å². The summed E-state index contributed by atoms with van der Waals surface area (Å²) in [7, 11) is 0. The van der Waals surface area contributed by atoms with Gasteiger partial charge in [0.2, 0.25) is 0 Å². The SMILES string of the molecule is NC1CN(C(=O)c2cnc(C3CC3)[nH]c2=O)CC1C1CC1. The molecule has 3 N–H and O–H groups in total. The molecule has 3 aliphatic rings. The minimum absolute atomic E-state index is 0.0410. The molecule has 0 spiro atoms. The van der Waals surface area contributed by atoms with E-state index in [0.717, 1.165) is 12.8 Å². The molecule has 0 radical (unpaired) electrons. The van der Waals surface area contributed by atoms with Gasteiger partial charge in [-0.3, -0.25) is 9.59 Å². The first-order valence-electron chi connectivity index (χ1n) is 7.77. The molecule has 3 fully saturated rings. The van der Waals surface area contributed by atoms with Crippen LogP contribution >= 0.6 is 0 Å². The van der Waals surface area contributed by atoms with Crippen molar-refractivity contribution in [2.75, 3.05) is 13.1 Å². The van der Waals surface area contributed by atoms with Gasteiger partial charge in [0.1, 0.15) is 11.4 Å². The number of nitrogens with zero attached hydrogens (tertiary/aromatic N) is 2. The number of likely N-dealkylation sites (tertiary alicyclic amines) is 1. The largest absolute Gasteiger partial charge is 0.337 e. The van der Waals surface area contributed by atoms with Crippen LogP contribution in [0.3, 0.4) is 0 Å². The van der Waals surface area contributed by atoms with Crippen LogP contribution in [0.2, 0.25) is 0 Å².